The number of unbranched alkanes of at least 4 members (excludes halogenated alkanes) is 4. The SMILES string of the molecule is CCCCCCCN(C(=O)CNC(=O)OC(C)(C)C)C(C(=O)Nc1ccc(OC)cc1)c1ccccc1O. The molecule has 0 spiro atoms. The fraction of sp³-hybridized carbons (Fsp3) is 0.483. The first-order chi connectivity index (χ1) is 18.1. The number of nitrogens with one attached hydrogen (secondary N) is 2. The van der Waals surface area contributed by atoms with Crippen LogP contribution in [0.1, 0.15) is 71.4 Å². The lowest BCUT2D eigenvalue weighted by Gasteiger charge is -2.32. The van der Waals surface area contributed by atoms with Gasteiger partial charge >= 0.3 is 6.09 Å². The fourth-order valence-electron chi connectivity index (χ4n) is 3.90. The van der Waals surface area contributed by atoms with Gasteiger partial charge in [0.2, 0.25) is 5.91 Å². The molecule has 9 nitrogen and oxygen atoms in total. The maximum absolute atomic E-state index is 13.7. The molecule has 2 rings (SSSR count). The lowest BCUT2D eigenvalue weighted by molar-refractivity contribution is -0.138. The van der Waals surface area contributed by atoms with Gasteiger partial charge in [-0.1, -0.05) is 50.8 Å². The van der Waals surface area contributed by atoms with Crippen LogP contribution >= 0.6 is 0 Å². The molecule has 3 N–H and O–H groups in total. The van der Waals surface area contributed by atoms with E-state index in [4.69, 9.17) is 9.47 Å². The summed E-state index contributed by atoms with van der Waals surface area (Å²) in [5, 5.41) is 16.0. The zero-order valence-electron chi connectivity index (χ0n) is 23.1. The monoisotopic (exact) mass is 527 g/mol. The van der Waals surface area contributed by atoms with Crippen LogP contribution in [0.25, 0.3) is 0 Å². The van der Waals surface area contributed by atoms with Crippen molar-refractivity contribution in [2.24, 2.45) is 0 Å². The Morgan fingerprint density at radius 2 is 1.63 bits per heavy atom. The topological polar surface area (TPSA) is 117 Å². The number of rotatable bonds is 13. The average molecular weight is 528 g/mol. The number of amides is 3. The number of aromatic hydroxyl groups is 1. The second-order valence-electron chi connectivity index (χ2n) is 10.0. The zero-order valence-corrected chi connectivity index (χ0v) is 23.1. The number of phenolic OH excluding ortho intramolecular Hbond substituents is 1. The molecule has 2 aromatic rings. The average Bonchev–Trinajstić information content (AvgIpc) is 2.86. The van der Waals surface area contributed by atoms with Crippen molar-refractivity contribution >= 4 is 23.6 Å². The molecule has 0 heterocycles. The molecule has 0 aliphatic rings. The number of ether oxygens (including phenoxy) is 2. The minimum atomic E-state index is -1.13. The zero-order chi connectivity index (χ0) is 28.1. The summed E-state index contributed by atoms with van der Waals surface area (Å²) in [6.45, 7) is 7.23. The van der Waals surface area contributed by atoms with Crippen LogP contribution in [0.2, 0.25) is 0 Å². The van der Waals surface area contributed by atoms with E-state index in [9.17, 15) is 19.5 Å². The molecule has 0 fully saturated rings. The van der Waals surface area contributed by atoms with E-state index in [-0.39, 0.29) is 24.4 Å². The van der Waals surface area contributed by atoms with Crippen LogP contribution in [0.5, 0.6) is 11.5 Å². The molecule has 0 aromatic heterocycles. The number of nitrogens with zero attached hydrogens (tertiary/aromatic N) is 1. The van der Waals surface area contributed by atoms with E-state index < -0.39 is 29.6 Å². The first-order valence-electron chi connectivity index (χ1n) is 13.0. The number of benzene rings is 2. The summed E-state index contributed by atoms with van der Waals surface area (Å²) >= 11 is 0. The van der Waals surface area contributed by atoms with Gasteiger partial charge < -0.3 is 30.1 Å². The van der Waals surface area contributed by atoms with Crippen LogP contribution < -0.4 is 15.4 Å². The molecule has 0 radical (unpaired) electrons. The molecule has 0 saturated heterocycles. The molecule has 1 atom stereocenters. The maximum atomic E-state index is 13.7. The molecule has 38 heavy (non-hydrogen) atoms. The van der Waals surface area contributed by atoms with E-state index in [1.807, 2.05) is 0 Å². The van der Waals surface area contributed by atoms with E-state index in [0.29, 0.717) is 17.9 Å². The predicted molar refractivity (Wildman–Crippen MR) is 147 cm³/mol. The number of hydrogen-bond acceptors (Lipinski definition) is 6. The van der Waals surface area contributed by atoms with Crippen molar-refractivity contribution in [3.05, 3.63) is 54.1 Å². The molecular formula is C29H41N3O6. The lowest BCUT2D eigenvalue weighted by atomic mass is 10.0. The molecule has 3 amide bonds. The Kier molecular flexibility index (Phi) is 11.9. The van der Waals surface area contributed by atoms with Gasteiger partial charge in [0.05, 0.1) is 7.11 Å². The highest BCUT2D eigenvalue weighted by Crippen LogP contribution is 2.31. The van der Waals surface area contributed by atoms with Gasteiger partial charge in [-0.2, -0.15) is 0 Å². The Hall–Kier alpha value is -3.75. The second-order valence-corrected chi connectivity index (χ2v) is 10.0. The van der Waals surface area contributed by atoms with Crippen molar-refractivity contribution in [3.8, 4) is 11.5 Å². The normalized spacial score (nSPS) is 11.8. The van der Waals surface area contributed by atoms with Gasteiger partial charge in [-0.05, 0) is 57.5 Å². The molecule has 0 aliphatic heterocycles. The number of carbonyl (C=O) groups excluding carboxylic acids is 3. The summed E-state index contributed by atoms with van der Waals surface area (Å²) in [6.07, 6.45) is 3.98. The van der Waals surface area contributed by atoms with Crippen LogP contribution in [-0.2, 0) is 14.3 Å². The van der Waals surface area contributed by atoms with Gasteiger partial charge in [0, 0.05) is 17.8 Å². The van der Waals surface area contributed by atoms with E-state index in [2.05, 4.69) is 17.6 Å². The van der Waals surface area contributed by atoms with Crippen LogP contribution in [0, 0.1) is 0 Å². The number of phenols is 1. The molecule has 1 unspecified atom stereocenters. The van der Waals surface area contributed by atoms with Gasteiger partial charge in [-0.25, -0.2) is 4.79 Å². The lowest BCUT2D eigenvalue weighted by Crippen LogP contribution is -2.47. The van der Waals surface area contributed by atoms with Gasteiger partial charge in [0.25, 0.3) is 5.91 Å². The molecule has 9 heteroatoms. The highest BCUT2D eigenvalue weighted by Gasteiger charge is 2.33. The summed E-state index contributed by atoms with van der Waals surface area (Å²) < 4.78 is 10.4. The fourth-order valence-corrected chi connectivity index (χ4v) is 3.90. The summed E-state index contributed by atoms with van der Waals surface area (Å²) in [5.41, 5.74) is 0.0824. The van der Waals surface area contributed by atoms with Crippen molar-refractivity contribution in [2.75, 3.05) is 25.5 Å². The van der Waals surface area contributed by atoms with Crippen molar-refractivity contribution in [3.63, 3.8) is 0 Å². The summed E-state index contributed by atoms with van der Waals surface area (Å²) in [5.74, 6) is -0.427. The van der Waals surface area contributed by atoms with Crippen LogP contribution in [0.4, 0.5) is 10.5 Å². The van der Waals surface area contributed by atoms with Crippen molar-refractivity contribution in [1.29, 1.82) is 0 Å². The standard InChI is InChI=1S/C29H41N3O6/c1-6-7-8-9-12-19-32(25(34)20-30-28(36)38-29(2,3)4)26(23-13-10-11-14-24(23)33)27(35)31-21-15-17-22(37-5)18-16-21/h10-11,13-18,26,33H,6-9,12,19-20H2,1-5H3,(H,30,36)(H,31,35). The highest BCUT2D eigenvalue weighted by molar-refractivity contribution is 5.98. The number of anilines is 1. The molecule has 208 valence electrons. The van der Waals surface area contributed by atoms with Crippen molar-refractivity contribution in [2.45, 2.75) is 71.4 Å². The van der Waals surface area contributed by atoms with Crippen LogP contribution in [0.3, 0.4) is 0 Å². The Morgan fingerprint density at radius 3 is 2.24 bits per heavy atom. The van der Waals surface area contributed by atoms with E-state index in [1.165, 1.54) is 11.0 Å². The van der Waals surface area contributed by atoms with Crippen LogP contribution in [0.15, 0.2) is 48.5 Å². The first kappa shape index (κ1) is 30.5. The largest absolute Gasteiger partial charge is 0.508 e. The third kappa shape index (κ3) is 9.95. The van der Waals surface area contributed by atoms with Gasteiger partial charge in [-0.3, -0.25) is 9.59 Å². The van der Waals surface area contributed by atoms with Gasteiger partial charge in [0.1, 0.15) is 29.7 Å². The van der Waals surface area contributed by atoms with Crippen molar-refractivity contribution < 1.29 is 29.0 Å². The number of hydrogen-bond donors (Lipinski definition) is 3. The maximum Gasteiger partial charge on any atom is 0.408 e. The molecule has 2 aromatic carbocycles. The minimum absolute atomic E-state index is 0.105. The van der Waals surface area contributed by atoms with Crippen LogP contribution in [-0.4, -0.2) is 53.7 Å². The summed E-state index contributed by atoms with van der Waals surface area (Å²) in [6, 6.07) is 12.1. The van der Waals surface area contributed by atoms with E-state index in [1.54, 1.807) is 70.3 Å². The molecular weight excluding hydrogens is 486 g/mol. The third-order valence-electron chi connectivity index (χ3n) is 5.75. The number of methoxy groups -OCH3 is 1. The predicted octanol–water partition coefficient (Wildman–Crippen LogP) is 5.40. The summed E-state index contributed by atoms with van der Waals surface area (Å²) in [4.78, 5) is 40.8. The Balaban J connectivity index is 2.34. The quantitative estimate of drug-likeness (QED) is 0.300. The summed E-state index contributed by atoms with van der Waals surface area (Å²) in [7, 11) is 1.55. The minimum Gasteiger partial charge on any atom is -0.508 e. The first-order valence-corrected chi connectivity index (χ1v) is 13.0. The Morgan fingerprint density at radius 1 is 0.974 bits per heavy atom. The van der Waals surface area contributed by atoms with E-state index in [0.717, 1.165) is 25.7 Å². The Bertz CT molecular complexity index is 1050. The third-order valence-corrected chi connectivity index (χ3v) is 5.75. The molecule has 0 bridgehead atoms. The molecule has 0 aliphatic carbocycles. The Labute approximate surface area is 225 Å². The van der Waals surface area contributed by atoms with Gasteiger partial charge in [0.15, 0.2) is 0 Å². The smallest absolute Gasteiger partial charge is 0.408 e. The second kappa shape index (κ2) is 14.9. The van der Waals surface area contributed by atoms with Gasteiger partial charge in [-0.15, -0.1) is 0 Å². The molecule has 0 saturated carbocycles. The van der Waals surface area contributed by atoms with E-state index >= 15 is 0 Å². The number of carbonyl (C=O) groups is 3. The highest BCUT2D eigenvalue weighted by atomic mass is 16.6. The van der Waals surface area contributed by atoms with Crippen molar-refractivity contribution in [1.82, 2.24) is 10.2 Å². The number of alkyl carbamates (subject to hydrolysis) is 1. The number of para-hydroxylation sites is 1.